The first-order valence-corrected chi connectivity index (χ1v) is 13.0. The Morgan fingerprint density at radius 2 is 1.54 bits per heavy atom. The molecule has 0 saturated heterocycles. The van der Waals surface area contributed by atoms with Gasteiger partial charge in [-0.1, -0.05) is 42.5 Å². The van der Waals surface area contributed by atoms with Gasteiger partial charge in [0, 0.05) is 21.7 Å². The number of fused-ring (bicyclic) bond motifs is 2. The molecule has 5 rings (SSSR count). The van der Waals surface area contributed by atoms with E-state index in [1.54, 1.807) is 67.6 Å². The third kappa shape index (κ3) is 4.13. The largest absolute Gasteiger partial charge is 0.507 e. The number of H-pyrrole nitrogens is 1. The minimum absolute atomic E-state index is 0.00251. The molecule has 0 spiro atoms. The molecular weight excluding hydrogens is 492 g/mol. The number of hydrogen-bond donors (Lipinski definition) is 2. The Bertz CT molecular complexity index is 1730. The number of methoxy groups -OCH3 is 1. The van der Waals surface area contributed by atoms with Gasteiger partial charge in [0.1, 0.15) is 11.5 Å². The number of ether oxygens (including phenoxy) is 2. The van der Waals surface area contributed by atoms with E-state index >= 15 is 0 Å². The van der Waals surface area contributed by atoms with Crippen LogP contribution in [0.25, 0.3) is 21.7 Å². The summed E-state index contributed by atoms with van der Waals surface area (Å²) in [6.07, 6.45) is 0. The number of anilines is 2. The maximum atomic E-state index is 14.4. The summed E-state index contributed by atoms with van der Waals surface area (Å²) in [5.74, 6) is -0.183. The molecule has 188 valence electrons. The number of para-hydroxylation sites is 1. The first kappa shape index (κ1) is 24.2. The van der Waals surface area contributed by atoms with Gasteiger partial charge >= 0.3 is 5.97 Å². The number of nitrogens with zero attached hydrogens (tertiary/aromatic N) is 1. The highest BCUT2D eigenvalue weighted by Crippen LogP contribution is 2.44. The standard InChI is InChI=1S/C28H24N2O6S/c1-3-36-28(32)26-27(22-10-6-7-11-23(22)29-26)30(37(33,34)19-14-12-18(35-2)13-15-19)24-16-17-25(31)21-9-5-4-8-20(21)24/h4-17,29,31H,3H2,1-2H3. The van der Waals surface area contributed by atoms with Crippen molar-refractivity contribution >= 4 is 49.0 Å². The van der Waals surface area contributed by atoms with Crippen molar-refractivity contribution in [1.82, 2.24) is 4.98 Å². The smallest absolute Gasteiger partial charge is 0.356 e. The van der Waals surface area contributed by atoms with Crippen LogP contribution in [0.4, 0.5) is 11.4 Å². The molecular formula is C28H24N2O6S. The van der Waals surface area contributed by atoms with Gasteiger partial charge in [0.15, 0.2) is 5.69 Å². The molecule has 1 heterocycles. The van der Waals surface area contributed by atoms with Crippen LogP contribution in [-0.2, 0) is 14.8 Å². The minimum atomic E-state index is -4.30. The number of aromatic nitrogens is 1. The lowest BCUT2D eigenvalue weighted by atomic mass is 10.1. The second-order valence-electron chi connectivity index (χ2n) is 8.21. The second-order valence-corrected chi connectivity index (χ2v) is 10.00. The normalized spacial score (nSPS) is 11.5. The zero-order chi connectivity index (χ0) is 26.2. The molecule has 1 aromatic heterocycles. The minimum Gasteiger partial charge on any atom is -0.507 e. The summed E-state index contributed by atoms with van der Waals surface area (Å²) in [4.78, 5) is 16.1. The molecule has 9 heteroatoms. The average molecular weight is 517 g/mol. The highest BCUT2D eigenvalue weighted by Gasteiger charge is 2.34. The van der Waals surface area contributed by atoms with Crippen LogP contribution < -0.4 is 9.04 Å². The van der Waals surface area contributed by atoms with Crippen molar-refractivity contribution in [1.29, 1.82) is 0 Å². The van der Waals surface area contributed by atoms with Crippen molar-refractivity contribution in [3.8, 4) is 11.5 Å². The number of phenols is 1. The molecule has 0 atom stereocenters. The Kier molecular flexibility index (Phi) is 6.22. The lowest BCUT2D eigenvalue weighted by Crippen LogP contribution is -2.28. The van der Waals surface area contributed by atoms with Gasteiger partial charge < -0.3 is 19.6 Å². The summed E-state index contributed by atoms with van der Waals surface area (Å²) in [6, 6.07) is 23.0. The first-order chi connectivity index (χ1) is 17.9. The van der Waals surface area contributed by atoms with E-state index in [4.69, 9.17) is 9.47 Å². The predicted molar refractivity (Wildman–Crippen MR) is 142 cm³/mol. The fraction of sp³-hybridized carbons (Fsp3) is 0.107. The van der Waals surface area contributed by atoms with Crippen LogP contribution >= 0.6 is 0 Å². The highest BCUT2D eigenvalue weighted by atomic mass is 32.2. The number of carbonyl (C=O) groups is 1. The van der Waals surface area contributed by atoms with Gasteiger partial charge in [-0.2, -0.15) is 0 Å². The van der Waals surface area contributed by atoms with Crippen molar-refractivity contribution in [2.75, 3.05) is 18.0 Å². The van der Waals surface area contributed by atoms with Crippen molar-refractivity contribution in [3.63, 3.8) is 0 Å². The summed E-state index contributed by atoms with van der Waals surface area (Å²) in [5, 5.41) is 12.0. The van der Waals surface area contributed by atoms with E-state index in [0.717, 1.165) is 4.31 Å². The van der Waals surface area contributed by atoms with E-state index in [1.165, 1.54) is 31.4 Å². The number of rotatable bonds is 7. The van der Waals surface area contributed by atoms with Crippen molar-refractivity contribution in [2.45, 2.75) is 11.8 Å². The number of benzene rings is 4. The number of hydrogen-bond acceptors (Lipinski definition) is 6. The van der Waals surface area contributed by atoms with Gasteiger partial charge in [-0.25, -0.2) is 17.5 Å². The Morgan fingerprint density at radius 1 is 0.892 bits per heavy atom. The van der Waals surface area contributed by atoms with Crippen molar-refractivity contribution in [2.24, 2.45) is 0 Å². The summed E-state index contributed by atoms with van der Waals surface area (Å²) in [5.41, 5.74) is 0.955. The summed E-state index contributed by atoms with van der Waals surface area (Å²) in [7, 11) is -2.80. The van der Waals surface area contributed by atoms with E-state index in [-0.39, 0.29) is 34.3 Å². The molecule has 0 fully saturated rings. The Balaban J connectivity index is 1.89. The number of nitrogens with one attached hydrogen (secondary N) is 1. The van der Waals surface area contributed by atoms with Crippen LogP contribution in [0.1, 0.15) is 17.4 Å². The molecule has 5 aromatic rings. The lowest BCUT2D eigenvalue weighted by molar-refractivity contribution is 0.0521. The topological polar surface area (TPSA) is 109 Å². The van der Waals surface area contributed by atoms with E-state index in [9.17, 15) is 18.3 Å². The Hall–Kier alpha value is -4.50. The van der Waals surface area contributed by atoms with E-state index in [2.05, 4.69) is 4.98 Å². The fourth-order valence-corrected chi connectivity index (χ4v) is 5.90. The number of sulfonamides is 1. The van der Waals surface area contributed by atoms with Crippen LogP contribution in [0.2, 0.25) is 0 Å². The van der Waals surface area contributed by atoms with E-state index in [0.29, 0.717) is 27.4 Å². The number of phenolic OH excluding ortho intramolecular Hbond substituents is 1. The molecule has 2 N–H and O–H groups in total. The zero-order valence-electron chi connectivity index (χ0n) is 20.1. The maximum absolute atomic E-state index is 14.4. The lowest BCUT2D eigenvalue weighted by Gasteiger charge is -2.26. The van der Waals surface area contributed by atoms with Gasteiger partial charge in [0.05, 0.1) is 30.0 Å². The van der Waals surface area contributed by atoms with E-state index in [1.807, 2.05) is 0 Å². The zero-order valence-corrected chi connectivity index (χ0v) is 21.0. The van der Waals surface area contributed by atoms with Gasteiger partial charge in [-0.15, -0.1) is 0 Å². The molecule has 0 unspecified atom stereocenters. The van der Waals surface area contributed by atoms with Gasteiger partial charge in [-0.3, -0.25) is 0 Å². The van der Waals surface area contributed by atoms with Crippen LogP contribution in [0.5, 0.6) is 11.5 Å². The maximum Gasteiger partial charge on any atom is 0.356 e. The first-order valence-electron chi connectivity index (χ1n) is 11.5. The molecule has 37 heavy (non-hydrogen) atoms. The monoisotopic (exact) mass is 516 g/mol. The van der Waals surface area contributed by atoms with Crippen molar-refractivity contribution in [3.05, 3.63) is 90.6 Å². The predicted octanol–water partition coefficient (Wildman–Crippen LogP) is 5.74. The molecule has 0 saturated carbocycles. The van der Waals surface area contributed by atoms with E-state index < -0.39 is 16.0 Å². The number of carbonyl (C=O) groups excluding carboxylic acids is 1. The SMILES string of the molecule is CCOC(=O)c1[nH]c2ccccc2c1N(c1ccc(O)c2ccccc12)S(=O)(=O)c1ccc(OC)cc1. The number of esters is 1. The summed E-state index contributed by atoms with van der Waals surface area (Å²) in [6.45, 7) is 1.79. The second kappa shape index (κ2) is 9.51. The molecule has 0 aliphatic carbocycles. The molecule has 0 radical (unpaired) electrons. The molecule has 0 aliphatic rings. The third-order valence-corrected chi connectivity index (χ3v) is 7.78. The van der Waals surface area contributed by atoms with Gasteiger partial charge in [-0.05, 0) is 49.4 Å². The summed E-state index contributed by atoms with van der Waals surface area (Å²) >= 11 is 0. The van der Waals surface area contributed by atoms with Gasteiger partial charge in [0.2, 0.25) is 0 Å². The van der Waals surface area contributed by atoms with Crippen LogP contribution in [-0.4, -0.2) is 38.2 Å². The fourth-order valence-electron chi connectivity index (χ4n) is 4.36. The summed E-state index contributed by atoms with van der Waals surface area (Å²) < 4.78 is 40.4. The Labute approximate surface area is 213 Å². The Morgan fingerprint density at radius 3 is 2.22 bits per heavy atom. The number of aromatic hydroxyl groups is 1. The average Bonchev–Trinajstić information content (AvgIpc) is 3.30. The quantitative estimate of drug-likeness (QED) is 0.267. The number of aromatic amines is 1. The third-order valence-electron chi connectivity index (χ3n) is 6.06. The molecule has 0 amide bonds. The van der Waals surface area contributed by atoms with Crippen molar-refractivity contribution < 1.29 is 27.8 Å². The molecule has 0 aliphatic heterocycles. The van der Waals surface area contributed by atoms with Crippen LogP contribution in [0, 0.1) is 0 Å². The van der Waals surface area contributed by atoms with Crippen LogP contribution in [0.3, 0.4) is 0 Å². The van der Waals surface area contributed by atoms with Gasteiger partial charge in [0.25, 0.3) is 10.0 Å². The molecule has 4 aromatic carbocycles. The molecule has 0 bridgehead atoms. The molecule has 8 nitrogen and oxygen atoms in total. The highest BCUT2D eigenvalue weighted by molar-refractivity contribution is 7.93. The van der Waals surface area contributed by atoms with Crippen LogP contribution in [0.15, 0.2) is 89.8 Å².